The Morgan fingerprint density at radius 2 is 1.68 bits per heavy atom. The Hall–Kier alpha value is -2.83. The van der Waals surface area contributed by atoms with Crippen LogP contribution in [0.1, 0.15) is 35.4 Å². The van der Waals surface area contributed by atoms with Gasteiger partial charge in [-0.15, -0.1) is 11.3 Å². The molecular weight excluding hydrogens is 434 g/mol. The lowest BCUT2D eigenvalue weighted by Gasteiger charge is -2.46. The Labute approximate surface area is 188 Å². The number of benzene rings is 2. The van der Waals surface area contributed by atoms with Crippen molar-refractivity contribution >= 4 is 35.0 Å². The molecule has 2 aliphatic carbocycles. The van der Waals surface area contributed by atoms with Crippen molar-refractivity contribution in [2.45, 2.75) is 24.3 Å². The molecule has 0 saturated heterocycles. The second-order valence-corrected chi connectivity index (χ2v) is 9.60. The smallest absolute Gasteiger partial charge is 0.407 e. The Morgan fingerprint density at radius 3 is 2.23 bits per heavy atom. The lowest BCUT2D eigenvalue weighted by molar-refractivity contribution is -0.148. The minimum absolute atomic E-state index is 0.0352. The van der Waals surface area contributed by atoms with Crippen LogP contribution in [-0.4, -0.2) is 23.8 Å². The van der Waals surface area contributed by atoms with E-state index in [1.807, 2.05) is 35.7 Å². The highest BCUT2D eigenvalue weighted by atomic mass is 35.5. The third-order valence-corrected chi connectivity index (χ3v) is 7.53. The van der Waals surface area contributed by atoms with E-state index in [1.165, 1.54) is 11.3 Å². The third-order valence-electron chi connectivity index (χ3n) is 6.36. The zero-order valence-electron chi connectivity index (χ0n) is 16.5. The summed E-state index contributed by atoms with van der Waals surface area (Å²) in [6.07, 6.45) is 0.0272. The summed E-state index contributed by atoms with van der Waals surface area (Å²) in [6.45, 7) is 0.204. The Balaban J connectivity index is 1.33. The van der Waals surface area contributed by atoms with Crippen molar-refractivity contribution in [2.75, 3.05) is 6.61 Å². The fourth-order valence-electron chi connectivity index (χ4n) is 4.81. The summed E-state index contributed by atoms with van der Waals surface area (Å²) in [4.78, 5) is 24.2. The van der Waals surface area contributed by atoms with Crippen LogP contribution in [0.25, 0.3) is 11.1 Å². The van der Waals surface area contributed by atoms with Gasteiger partial charge in [0.2, 0.25) is 0 Å². The van der Waals surface area contributed by atoms with Gasteiger partial charge in [0.25, 0.3) is 0 Å². The zero-order valence-corrected chi connectivity index (χ0v) is 18.1. The van der Waals surface area contributed by atoms with Gasteiger partial charge in [0, 0.05) is 11.5 Å². The molecule has 7 heteroatoms. The van der Waals surface area contributed by atoms with Gasteiger partial charge in [-0.1, -0.05) is 60.1 Å². The van der Waals surface area contributed by atoms with E-state index in [0.29, 0.717) is 17.2 Å². The fraction of sp³-hybridized carbons (Fsp3) is 0.250. The standard InChI is InChI=1S/C24H20ClNO4S/c25-21-20(9-10-31-21)24(11-14(12-24)22(27)28)26-23(29)30-13-19-17-7-3-1-5-15(17)16-6-2-4-8-18(16)19/h1-10,14,19H,11-13H2,(H,26,29)(H,27,28). The first kappa shape index (κ1) is 20.1. The number of alkyl carbamates (subject to hydrolysis) is 1. The minimum atomic E-state index is -0.865. The van der Waals surface area contributed by atoms with E-state index in [1.54, 1.807) is 0 Å². The Bertz CT molecular complexity index is 1120. The van der Waals surface area contributed by atoms with Gasteiger partial charge >= 0.3 is 12.1 Å². The maximum atomic E-state index is 12.8. The molecule has 0 radical (unpaired) electrons. The number of carboxylic acid groups (broad SMARTS) is 1. The molecule has 158 valence electrons. The number of hydrogen-bond acceptors (Lipinski definition) is 4. The highest BCUT2D eigenvalue weighted by Gasteiger charge is 2.51. The second kappa shape index (κ2) is 7.70. The van der Waals surface area contributed by atoms with E-state index in [4.69, 9.17) is 16.3 Å². The summed E-state index contributed by atoms with van der Waals surface area (Å²) in [6, 6.07) is 18.1. The first-order valence-corrected chi connectivity index (χ1v) is 11.3. The van der Waals surface area contributed by atoms with Crippen LogP contribution in [0.5, 0.6) is 0 Å². The number of carboxylic acids is 1. The van der Waals surface area contributed by atoms with Crippen molar-refractivity contribution < 1.29 is 19.4 Å². The topological polar surface area (TPSA) is 75.6 Å². The number of carbonyl (C=O) groups excluding carboxylic acids is 1. The molecule has 0 unspecified atom stereocenters. The van der Waals surface area contributed by atoms with Crippen molar-refractivity contribution in [3.8, 4) is 11.1 Å². The summed E-state index contributed by atoms with van der Waals surface area (Å²) < 4.78 is 6.23. The zero-order chi connectivity index (χ0) is 21.6. The summed E-state index contributed by atoms with van der Waals surface area (Å²) in [5, 5.41) is 14.1. The number of nitrogens with one attached hydrogen (secondary N) is 1. The maximum Gasteiger partial charge on any atom is 0.407 e. The number of rotatable bonds is 5. The molecule has 1 saturated carbocycles. The Morgan fingerprint density at radius 1 is 1.06 bits per heavy atom. The fourth-order valence-corrected chi connectivity index (χ4v) is 5.93. The van der Waals surface area contributed by atoms with Crippen LogP contribution in [-0.2, 0) is 15.1 Å². The molecule has 1 fully saturated rings. The predicted octanol–water partition coefficient (Wildman–Crippen LogP) is 5.63. The molecule has 2 aromatic carbocycles. The van der Waals surface area contributed by atoms with Gasteiger partial charge in [0.1, 0.15) is 6.61 Å². The number of thiophene rings is 1. The summed E-state index contributed by atoms with van der Waals surface area (Å²) in [5.41, 5.74) is 4.56. The molecule has 1 amide bonds. The number of halogens is 1. The van der Waals surface area contributed by atoms with Crippen molar-refractivity contribution in [1.82, 2.24) is 5.32 Å². The third kappa shape index (κ3) is 3.40. The number of amides is 1. The molecule has 31 heavy (non-hydrogen) atoms. The predicted molar refractivity (Wildman–Crippen MR) is 120 cm³/mol. The molecule has 5 nitrogen and oxygen atoms in total. The summed E-state index contributed by atoms with van der Waals surface area (Å²) >= 11 is 7.68. The number of fused-ring (bicyclic) bond motifs is 3. The first-order valence-electron chi connectivity index (χ1n) is 10.1. The molecule has 2 aliphatic rings. The van der Waals surface area contributed by atoms with Crippen LogP contribution in [0.4, 0.5) is 4.79 Å². The SMILES string of the molecule is O=C(NC1(c2ccsc2Cl)CC(C(=O)O)C1)OCC1c2ccccc2-c2ccccc21. The average Bonchev–Trinajstić information content (AvgIpc) is 3.30. The van der Waals surface area contributed by atoms with E-state index < -0.39 is 23.5 Å². The molecule has 2 N–H and O–H groups in total. The van der Waals surface area contributed by atoms with Crippen LogP contribution in [0.3, 0.4) is 0 Å². The van der Waals surface area contributed by atoms with Crippen molar-refractivity contribution in [1.29, 1.82) is 0 Å². The maximum absolute atomic E-state index is 12.8. The highest BCUT2D eigenvalue weighted by Crippen LogP contribution is 2.49. The molecule has 0 bridgehead atoms. The second-order valence-electron chi connectivity index (χ2n) is 8.08. The monoisotopic (exact) mass is 453 g/mol. The van der Waals surface area contributed by atoms with Crippen LogP contribution < -0.4 is 5.32 Å². The van der Waals surface area contributed by atoms with Crippen LogP contribution in [0.15, 0.2) is 60.0 Å². The molecular formula is C24H20ClNO4S. The highest BCUT2D eigenvalue weighted by molar-refractivity contribution is 7.14. The number of aliphatic carboxylic acids is 1. The van der Waals surface area contributed by atoms with Gasteiger partial charge < -0.3 is 15.2 Å². The van der Waals surface area contributed by atoms with Crippen molar-refractivity contribution in [3.05, 3.63) is 81.0 Å². The van der Waals surface area contributed by atoms with Gasteiger partial charge in [-0.3, -0.25) is 4.79 Å². The van der Waals surface area contributed by atoms with E-state index in [2.05, 4.69) is 29.6 Å². The van der Waals surface area contributed by atoms with Crippen molar-refractivity contribution in [2.24, 2.45) is 5.92 Å². The van der Waals surface area contributed by atoms with Gasteiger partial charge in [0.05, 0.1) is 15.8 Å². The normalized spacial score (nSPS) is 21.6. The average molecular weight is 454 g/mol. The van der Waals surface area contributed by atoms with Crippen LogP contribution in [0, 0.1) is 5.92 Å². The number of hydrogen-bond donors (Lipinski definition) is 2. The van der Waals surface area contributed by atoms with E-state index in [-0.39, 0.29) is 12.5 Å². The molecule has 3 aromatic rings. The summed E-state index contributed by atoms with van der Waals surface area (Å²) in [7, 11) is 0. The Kier molecular flexibility index (Phi) is 4.99. The summed E-state index contributed by atoms with van der Waals surface area (Å²) in [5.74, 6) is -1.41. The van der Waals surface area contributed by atoms with Gasteiger partial charge in [-0.05, 0) is 46.5 Å². The van der Waals surface area contributed by atoms with Gasteiger partial charge in [-0.25, -0.2) is 4.79 Å². The molecule has 1 heterocycles. The lowest BCUT2D eigenvalue weighted by atomic mass is 9.65. The molecule has 1 aromatic heterocycles. The van der Waals surface area contributed by atoms with E-state index in [0.717, 1.165) is 27.8 Å². The number of carbonyl (C=O) groups is 2. The number of ether oxygens (including phenoxy) is 1. The molecule has 0 spiro atoms. The van der Waals surface area contributed by atoms with Crippen LogP contribution in [0.2, 0.25) is 4.34 Å². The van der Waals surface area contributed by atoms with E-state index in [9.17, 15) is 14.7 Å². The van der Waals surface area contributed by atoms with Crippen molar-refractivity contribution in [3.63, 3.8) is 0 Å². The molecule has 0 aliphatic heterocycles. The van der Waals surface area contributed by atoms with Gasteiger partial charge in [0.15, 0.2) is 0 Å². The largest absolute Gasteiger partial charge is 0.481 e. The quantitative estimate of drug-likeness (QED) is 0.525. The van der Waals surface area contributed by atoms with Gasteiger partial charge in [-0.2, -0.15) is 0 Å². The first-order chi connectivity index (χ1) is 15.0. The molecule has 5 rings (SSSR count). The molecule has 0 atom stereocenters. The van der Waals surface area contributed by atoms with E-state index >= 15 is 0 Å². The minimum Gasteiger partial charge on any atom is -0.481 e. The lowest BCUT2D eigenvalue weighted by Crippen LogP contribution is -2.56. The van der Waals surface area contributed by atoms with Crippen LogP contribution >= 0.6 is 22.9 Å².